The lowest BCUT2D eigenvalue weighted by Gasteiger charge is -2.22. The molecule has 0 aliphatic carbocycles. The van der Waals surface area contributed by atoms with Crippen LogP contribution in [0.2, 0.25) is 0 Å². The summed E-state index contributed by atoms with van der Waals surface area (Å²) < 4.78 is 0. The lowest BCUT2D eigenvalue weighted by molar-refractivity contribution is 0.495. The summed E-state index contributed by atoms with van der Waals surface area (Å²) in [6.45, 7) is 6.33. The molecule has 0 saturated carbocycles. The second-order valence-corrected chi connectivity index (χ2v) is 4.54. The number of hydrogen-bond acceptors (Lipinski definition) is 2. The highest BCUT2D eigenvalue weighted by Crippen LogP contribution is 2.26. The summed E-state index contributed by atoms with van der Waals surface area (Å²) in [4.78, 5) is 0. The van der Waals surface area contributed by atoms with Crippen LogP contribution < -0.4 is 5.73 Å². The summed E-state index contributed by atoms with van der Waals surface area (Å²) in [6, 6.07) is 0. The van der Waals surface area contributed by atoms with E-state index >= 15 is 0 Å². The molecule has 0 spiro atoms. The summed E-state index contributed by atoms with van der Waals surface area (Å²) >= 11 is 1.77. The minimum absolute atomic E-state index is 0.0253. The Morgan fingerprint density at radius 1 is 1.58 bits per heavy atom. The van der Waals surface area contributed by atoms with Crippen molar-refractivity contribution >= 4 is 11.8 Å². The predicted octanol–water partition coefficient (Wildman–Crippen LogP) is 2.46. The van der Waals surface area contributed by atoms with E-state index in [9.17, 15) is 0 Å². The van der Waals surface area contributed by atoms with Crippen LogP contribution in [-0.4, -0.2) is 11.1 Å². The van der Waals surface area contributed by atoms with Crippen LogP contribution in [0, 0.1) is 17.8 Å². The van der Waals surface area contributed by atoms with Crippen molar-refractivity contribution in [2.24, 2.45) is 11.1 Å². The number of rotatable bonds is 5. The lowest BCUT2D eigenvalue weighted by atomic mass is 9.91. The zero-order chi connectivity index (χ0) is 9.61. The first kappa shape index (κ1) is 11.9. The van der Waals surface area contributed by atoms with E-state index in [2.05, 4.69) is 26.7 Å². The molecule has 2 N–H and O–H groups in total. The summed E-state index contributed by atoms with van der Waals surface area (Å²) in [6.07, 6.45) is 7.47. The van der Waals surface area contributed by atoms with Crippen molar-refractivity contribution in [2.45, 2.75) is 39.0 Å². The van der Waals surface area contributed by atoms with E-state index in [1.807, 2.05) is 0 Å². The number of terminal acetylenes is 1. The number of thioether (sulfide) groups is 1. The fourth-order valence-electron chi connectivity index (χ4n) is 0.655. The minimum atomic E-state index is 0.0253. The lowest BCUT2D eigenvalue weighted by Crippen LogP contribution is -2.21. The molecule has 0 saturated heterocycles. The van der Waals surface area contributed by atoms with Gasteiger partial charge in [-0.1, -0.05) is 19.8 Å². The average Bonchev–Trinajstić information content (AvgIpc) is 2.13. The molecular formula is C10H19NS. The van der Waals surface area contributed by atoms with Gasteiger partial charge < -0.3 is 5.73 Å². The standard InChI is InChI=1S/C10H19NS/c1-5-9(11)12-8-10(4,6-2)7-3/h2,9H,5,7-8,11H2,1,3-4H3. The Labute approximate surface area is 80.5 Å². The van der Waals surface area contributed by atoms with Crippen LogP contribution in [0.5, 0.6) is 0 Å². The van der Waals surface area contributed by atoms with E-state index in [-0.39, 0.29) is 10.8 Å². The van der Waals surface area contributed by atoms with Crippen LogP contribution in [0.25, 0.3) is 0 Å². The zero-order valence-corrected chi connectivity index (χ0v) is 9.08. The van der Waals surface area contributed by atoms with E-state index in [1.54, 1.807) is 11.8 Å². The van der Waals surface area contributed by atoms with Gasteiger partial charge in [-0.2, -0.15) is 0 Å². The molecule has 0 rings (SSSR count). The van der Waals surface area contributed by atoms with Gasteiger partial charge >= 0.3 is 0 Å². The first-order chi connectivity index (χ1) is 5.58. The van der Waals surface area contributed by atoms with Gasteiger partial charge in [0.25, 0.3) is 0 Å². The van der Waals surface area contributed by atoms with Gasteiger partial charge in [-0.25, -0.2) is 0 Å². The molecule has 0 aromatic rings. The molecule has 2 heteroatoms. The molecule has 0 aromatic heterocycles. The third kappa shape index (κ3) is 4.04. The van der Waals surface area contributed by atoms with Crippen LogP contribution in [0.15, 0.2) is 0 Å². The topological polar surface area (TPSA) is 26.0 Å². The van der Waals surface area contributed by atoms with Gasteiger partial charge in [-0.05, 0) is 19.8 Å². The summed E-state index contributed by atoms with van der Waals surface area (Å²) in [5, 5.41) is 0.240. The van der Waals surface area contributed by atoms with Crippen molar-refractivity contribution in [3.63, 3.8) is 0 Å². The van der Waals surface area contributed by atoms with Crippen molar-refractivity contribution in [3.05, 3.63) is 0 Å². The van der Waals surface area contributed by atoms with Crippen LogP contribution in [0.4, 0.5) is 0 Å². The molecule has 0 bridgehead atoms. The summed E-state index contributed by atoms with van der Waals surface area (Å²) in [5.41, 5.74) is 5.81. The second-order valence-electron chi connectivity index (χ2n) is 3.32. The van der Waals surface area contributed by atoms with E-state index in [0.717, 1.165) is 18.6 Å². The maximum Gasteiger partial charge on any atom is 0.0505 e. The SMILES string of the molecule is C#CC(C)(CC)CSC(N)CC. The molecule has 70 valence electrons. The smallest absolute Gasteiger partial charge is 0.0505 e. The third-order valence-corrected chi connectivity index (χ3v) is 3.71. The van der Waals surface area contributed by atoms with Crippen LogP contribution >= 0.6 is 11.8 Å². The molecule has 0 heterocycles. The Morgan fingerprint density at radius 3 is 2.50 bits per heavy atom. The van der Waals surface area contributed by atoms with Gasteiger partial charge in [0.05, 0.1) is 5.37 Å². The van der Waals surface area contributed by atoms with Crippen LogP contribution in [0.1, 0.15) is 33.6 Å². The van der Waals surface area contributed by atoms with Crippen molar-refractivity contribution in [3.8, 4) is 12.3 Å². The monoisotopic (exact) mass is 185 g/mol. The van der Waals surface area contributed by atoms with Gasteiger partial charge in [0.2, 0.25) is 0 Å². The Hall–Kier alpha value is -0.130. The maximum atomic E-state index is 5.78. The Kier molecular flexibility index (Phi) is 5.44. The first-order valence-electron chi connectivity index (χ1n) is 4.43. The molecule has 0 aromatic carbocycles. The van der Waals surface area contributed by atoms with Crippen LogP contribution in [-0.2, 0) is 0 Å². The molecule has 0 aliphatic rings. The zero-order valence-electron chi connectivity index (χ0n) is 8.26. The normalized spacial score (nSPS) is 17.9. The molecule has 0 fully saturated rings. The van der Waals surface area contributed by atoms with Crippen LogP contribution in [0.3, 0.4) is 0 Å². The first-order valence-corrected chi connectivity index (χ1v) is 5.47. The van der Waals surface area contributed by atoms with Crippen molar-refractivity contribution in [1.29, 1.82) is 0 Å². The number of nitrogens with two attached hydrogens (primary N) is 1. The van der Waals surface area contributed by atoms with Crippen molar-refractivity contribution in [1.82, 2.24) is 0 Å². The van der Waals surface area contributed by atoms with E-state index in [1.165, 1.54) is 0 Å². The van der Waals surface area contributed by atoms with Crippen molar-refractivity contribution < 1.29 is 0 Å². The van der Waals surface area contributed by atoms with E-state index in [0.29, 0.717) is 0 Å². The number of hydrogen-bond donors (Lipinski definition) is 1. The summed E-state index contributed by atoms with van der Waals surface area (Å²) in [7, 11) is 0. The fraction of sp³-hybridized carbons (Fsp3) is 0.800. The highest BCUT2D eigenvalue weighted by Gasteiger charge is 2.19. The van der Waals surface area contributed by atoms with E-state index in [4.69, 9.17) is 12.2 Å². The second kappa shape index (κ2) is 5.50. The van der Waals surface area contributed by atoms with Gasteiger partial charge in [0.15, 0.2) is 0 Å². The largest absolute Gasteiger partial charge is 0.319 e. The van der Waals surface area contributed by atoms with Gasteiger partial charge in [0.1, 0.15) is 0 Å². The third-order valence-electron chi connectivity index (χ3n) is 2.15. The highest BCUT2D eigenvalue weighted by molar-refractivity contribution is 7.99. The summed E-state index contributed by atoms with van der Waals surface area (Å²) in [5.74, 6) is 3.80. The van der Waals surface area contributed by atoms with Gasteiger partial charge in [-0.3, -0.25) is 0 Å². The van der Waals surface area contributed by atoms with Gasteiger partial charge in [0, 0.05) is 11.2 Å². The molecule has 1 nitrogen and oxygen atoms in total. The molecule has 0 radical (unpaired) electrons. The highest BCUT2D eigenvalue weighted by atomic mass is 32.2. The molecular weight excluding hydrogens is 166 g/mol. The molecule has 12 heavy (non-hydrogen) atoms. The van der Waals surface area contributed by atoms with Gasteiger partial charge in [-0.15, -0.1) is 18.2 Å². The van der Waals surface area contributed by atoms with Crippen molar-refractivity contribution in [2.75, 3.05) is 5.75 Å². The molecule has 2 unspecified atom stereocenters. The average molecular weight is 185 g/mol. The Bertz CT molecular complexity index is 162. The predicted molar refractivity (Wildman–Crippen MR) is 58.0 cm³/mol. The Balaban J connectivity index is 3.83. The Morgan fingerprint density at radius 2 is 2.17 bits per heavy atom. The minimum Gasteiger partial charge on any atom is -0.319 e. The maximum absolute atomic E-state index is 5.78. The quantitative estimate of drug-likeness (QED) is 0.526. The molecule has 2 atom stereocenters. The molecule has 0 aliphatic heterocycles. The van der Waals surface area contributed by atoms with E-state index < -0.39 is 0 Å². The molecule has 0 amide bonds. The fourth-order valence-corrected chi connectivity index (χ4v) is 1.76.